The highest BCUT2D eigenvalue weighted by Crippen LogP contribution is 2.38. The second-order valence-electron chi connectivity index (χ2n) is 5.50. The van der Waals surface area contributed by atoms with Crippen molar-refractivity contribution in [1.29, 1.82) is 0 Å². The predicted octanol–water partition coefficient (Wildman–Crippen LogP) is 2.35. The number of anilines is 1. The van der Waals surface area contributed by atoms with Gasteiger partial charge in [-0.05, 0) is 45.6 Å². The standard InChI is InChI=1S/C13H22N4S/c1-3-14-10-7-11-5-4-6-12(8-10)17(11)13-15-9(2)16-18-13/h10-12,14H,3-8H2,1-2H3. The Labute approximate surface area is 113 Å². The first kappa shape index (κ1) is 12.4. The lowest BCUT2D eigenvalue weighted by atomic mass is 9.82. The number of aromatic nitrogens is 2. The van der Waals surface area contributed by atoms with Gasteiger partial charge in [-0.2, -0.15) is 4.37 Å². The number of piperidine rings is 2. The number of aryl methyl sites for hydroxylation is 1. The third-order valence-corrected chi connectivity index (χ3v) is 5.03. The third kappa shape index (κ3) is 2.26. The van der Waals surface area contributed by atoms with Crippen molar-refractivity contribution in [2.75, 3.05) is 11.4 Å². The smallest absolute Gasteiger partial charge is 0.205 e. The minimum absolute atomic E-state index is 0.675. The van der Waals surface area contributed by atoms with Crippen molar-refractivity contribution in [3.05, 3.63) is 5.82 Å². The summed E-state index contributed by atoms with van der Waals surface area (Å²) in [4.78, 5) is 7.17. The molecule has 2 saturated heterocycles. The molecular formula is C13H22N4S. The number of nitrogens with zero attached hydrogens (tertiary/aromatic N) is 3. The van der Waals surface area contributed by atoms with Gasteiger partial charge in [0.2, 0.25) is 5.13 Å². The van der Waals surface area contributed by atoms with Crippen LogP contribution in [0.3, 0.4) is 0 Å². The molecule has 2 atom stereocenters. The molecule has 1 aromatic rings. The Morgan fingerprint density at radius 1 is 1.33 bits per heavy atom. The van der Waals surface area contributed by atoms with Crippen molar-refractivity contribution in [2.24, 2.45) is 0 Å². The van der Waals surface area contributed by atoms with Gasteiger partial charge in [-0.1, -0.05) is 6.92 Å². The Morgan fingerprint density at radius 3 is 2.61 bits per heavy atom. The maximum atomic E-state index is 4.60. The maximum Gasteiger partial charge on any atom is 0.205 e. The van der Waals surface area contributed by atoms with Crippen molar-refractivity contribution in [3.63, 3.8) is 0 Å². The molecule has 2 bridgehead atoms. The number of hydrogen-bond donors (Lipinski definition) is 1. The molecule has 0 spiro atoms. The van der Waals surface area contributed by atoms with Crippen LogP contribution >= 0.6 is 11.5 Å². The van der Waals surface area contributed by atoms with Crippen molar-refractivity contribution >= 4 is 16.7 Å². The van der Waals surface area contributed by atoms with Gasteiger partial charge in [0.1, 0.15) is 5.82 Å². The second-order valence-corrected chi connectivity index (χ2v) is 6.23. The first-order valence-electron chi connectivity index (χ1n) is 7.10. The molecule has 0 radical (unpaired) electrons. The van der Waals surface area contributed by atoms with Crippen LogP contribution in [0.15, 0.2) is 0 Å². The van der Waals surface area contributed by atoms with Gasteiger partial charge in [0, 0.05) is 29.7 Å². The minimum atomic E-state index is 0.675. The molecule has 3 heterocycles. The lowest BCUT2D eigenvalue weighted by Gasteiger charge is -2.48. The van der Waals surface area contributed by atoms with Crippen molar-refractivity contribution in [3.8, 4) is 0 Å². The summed E-state index contributed by atoms with van der Waals surface area (Å²) in [6.07, 6.45) is 6.54. The van der Waals surface area contributed by atoms with E-state index in [-0.39, 0.29) is 0 Å². The Balaban J connectivity index is 1.79. The summed E-state index contributed by atoms with van der Waals surface area (Å²) >= 11 is 1.57. The molecule has 4 nitrogen and oxygen atoms in total. The highest BCUT2D eigenvalue weighted by molar-refractivity contribution is 7.09. The van der Waals surface area contributed by atoms with E-state index in [1.807, 2.05) is 6.92 Å². The summed E-state index contributed by atoms with van der Waals surface area (Å²) in [7, 11) is 0. The van der Waals surface area contributed by atoms with Crippen molar-refractivity contribution < 1.29 is 0 Å². The zero-order valence-corrected chi connectivity index (χ0v) is 12.0. The van der Waals surface area contributed by atoms with E-state index in [1.54, 1.807) is 11.5 Å². The molecule has 100 valence electrons. The van der Waals surface area contributed by atoms with Gasteiger partial charge in [-0.25, -0.2) is 4.98 Å². The van der Waals surface area contributed by atoms with E-state index in [0.29, 0.717) is 18.1 Å². The molecule has 2 aliphatic heterocycles. The highest BCUT2D eigenvalue weighted by Gasteiger charge is 2.39. The summed E-state index contributed by atoms with van der Waals surface area (Å²) in [5.74, 6) is 0.918. The first-order chi connectivity index (χ1) is 8.78. The van der Waals surface area contributed by atoms with Crippen LogP contribution in [0.25, 0.3) is 0 Å². The van der Waals surface area contributed by atoms with Crippen molar-refractivity contribution in [2.45, 2.75) is 64.1 Å². The summed E-state index contributed by atoms with van der Waals surface area (Å²) in [6, 6.07) is 2.05. The molecule has 0 aliphatic carbocycles. The Hall–Kier alpha value is -0.680. The molecule has 2 fully saturated rings. The molecule has 1 N–H and O–H groups in total. The van der Waals surface area contributed by atoms with E-state index >= 15 is 0 Å². The number of nitrogens with one attached hydrogen (secondary N) is 1. The SMILES string of the molecule is CCNC1CC2CCCC(C1)N2c1nc(C)ns1. The largest absolute Gasteiger partial charge is 0.341 e. The van der Waals surface area contributed by atoms with Crippen LogP contribution in [0.4, 0.5) is 5.13 Å². The molecular weight excluding hydrogens is 244 g/mol. The lowest BCUT2D eigenvalue weighted by Crippen LogP contribution is -2.56. The van der Waals surface area contributed by atoms with Crippen LogP contribution in [0.1, 0.15) is 44.9 Å². The molecule has 3 rings (SSSR count). The van der Waals surface area contributed by atoms with Gasteiger partial charge in [-0.3, -0.25) is 0 Å². The van der Waals surface area contributed by atoms with Crippen molar-refractivity contribution in [1.82, 2.24) is 14.7 Å². The van der Waals surface area contributed by atoms with Crippen LogP contribution in [0, 0.1) is 6.92 Å². The van der Waals surface area contributed by atoms with E-state index < -0.39 is 0 Å². The molecule has 0 amide bonds. The summed E-state index contributed by atoms with van der Waals surface area (Å²) in [5, 5.41) is 4.78. The fraction of sp³-hybridized carbons (Fsp3) is 0.846. The van der Waals surface area contributed by atoms with Crippen LogP contribution < -0.4 is 10.2 Å². The Kier molecular flexibility index (Phi) is 3.52. The summed E-state index contributed by atoms with van der Waals surface area (Å²) in [5.41, 5.74) is 0. The lowest BCUT2D eigenvalue weighted by molar-refractivity contribution is 0.247. The fourth-order valence-electron chi connectivity index (χ4n) is 3.54. The fourth-order valence-corrected chi connectivity index (χ4v) is 4.36. The quantitative estimate of drug-likeness (QED) is 0.912. The molecule has 2 unspecified atom stereocenters. The topological polar surface area (TPSA) is 41.0 Å². The minimum Gasteiger partial charge on any atom is -0.341 e. The van der Waals surface area contributed by atoms with Crippen LogP contribution in [-0.4, -0.2) is 34.0 Å². The van der Waals surface area contributed by atoms with E-state index in [4.69, 9.17) is 0 Å². The molecule has 0 saturated carbocycles. The van der Waals surface area contributed by atoms with Gasteiger partial charge < -0.3 is 10.2 Å². The third-order valence-electron chi connectivity index (χ3n) is 4.21. The Bertz CT molecular complexity index is 391. The average Bonchev–Trinajstić information content (AvgIpc) is 2.75. The van der Waals surface area contributed by atoms with E-state index in [2.05, 4.69) is 26.5 Å². The molecule has 5 heteroatoms. The maximum absolute atomic E-state index is 4.60. The summed E-state index contributed by atoms with van der Waals surface area (Å²) in [6.45, 7) is 5.28. The number of fused-ring (bicyclic) bond motifs is 2. The van der Waals surface area contributed by atoms with E-state index in [9.17, 15) is 0 Å². The second kappa shape index (κ2) is 5.13. The molecule has 0 aromatic carbocycles. The number of rotatable bonds is 3. The van der Waals surface area contributed by atoms with Gasteiger partial charge in [-0.15, -0.1) is 0 Å². The highest BCUT2D eigenvalue weighted by atomic mass is 32.1. The average molecular weight is 266 g/mol. The predicted molar refractivity (Wildman–Crippen MR) is 75.3 cm³/mol. The van der Waals surface area contributed by atoms with Gasteiger partial charge in [0.25, 0.3) is 0 Å². The first-order valence-corrected chi connectivity index (χ1v) is 7.87. The zero-order chi connectivity index (χ0) is 12.5. The van der Waals surface area contributed by atoms with E-state index in [1.165, 1.54) is 32.1 Å². The van der Waals surface area contributed by atoms with E-state index in [0.717, 1.165) is 17.5 Å². The van der Waals surface area contributed by atoms with Crippen LogP contribution in [0.5, 0.6) is 0 Å². The molecule has 18 heavy (non-hydrogen) atoms. The zero-order valence-electron chi connectivity index (χ0n) is 11.2. The molecule has 2 aliphatic rings. The van der Waals surface area contributed by atoms with Gasteiger partial charge >= 0.3 is 0 Å². The normalized spacial score (nSPS) is 31.7. The van der Waals surface area contributed by atoms with Gasteiger partial charge in [0.05, 0.1) is 0 Å². The monoisotopic (exact) mass is 266 g/mol. The van der Waals surface area contributed by atoms with Gasteiger partial charge in [0.15, 0.2) is 0 Å². The Morgan fingerprint density at radius 2 is 2.06 bits per heavy atom. The van der Waals surface area contributed by atoms with Crippen LogP contribution in [0.2, 0.25) is 0 Å². The van der Waals surface area contributed by atoms with Crippen LogP contribution in [-0.2, 0) is 0 Å². The summed E-state index contributed by atoms with van der Waals surface area (Å²) < 4.78 is 4.35. The molecule has 1 aromatic heterocycles. The number of hydrogen-bond acceptors (Lipinski definition) is 5.